The van der Waals surface area contributed by atoms with Crippen LogP contribution in [0, 0.1) is 5.82 Å². The lowest BCUT2D eigenvalue weighted by Gasteiger charge is -2.35. The number of carbonyl (C=O) groups is 2. The third-order valence-corrected chi connectivity index (χ3v) is 6.95. The van der Waals surface area contributed by atoms with Gasteiger partial charge < -0.3 is 14.4 Å². The molecule has 0 aliphatic carbocycles. The van der Waals surface area contributed by atoms with Gasteiger partial charge in [0.1, 0.15) is 17.3 Å². The van der Waals surface area contributed by atoms with Crippen molar-refractivity contribution in [3.8, 4) is 11.5 Å². The zero-order valence-electron chi connectivity index (χ0n) is 22.1. The molecule has 0 saturated carbocycles. The number of aromatic nitrogens is 2. The molecule has 0 bridgehead atoms. The van der Waals surface area contributed by atoms with Crippen LogP contribution in [0.15, 0.2) is 66.7 Å². The Hall–Kier alpha value is -4.24. The van der Waals surface area contributed by atoms with Crippen LogP contribution in [0.2, 0.25) is 0 Å². The Labute approximate surface area is 226 Å². The van der Waals surface area contributed by atoms with E-state index in [9.17, 15) is 14.0 Å². The minimum Gasteiger partial charge on any atom is -0.496 e. The van der Waals surface area contributed by atoms with Crippen molar-refractivity contribution in [2.24, 2.45) is 0 Å². The first kappa shape index (κ1) is 26.4. The van der Waals surface area contributed by atoms with Crippen molar-refractivity contribution in [2.45, 2.75) is 13.3 Å². The summed E-state index contributed by atoms with van der Waals surface area (Å²) in [6, 6.07) is 18.6. The van der Waals surface area contributed by atoms with Crippen LogP contribution < -0.4 is 14.4 Å². The second-order valence-corrected chi connectivity index (χ2v) is 9.52. The first-order valence-electron chi connectivity index (χ1n) is 13.0. The minimum absolute atomic E-state index is 0.0488. The Morgan fingerprint density at radius 1 is 0.974 bits per heavy atom. The number of nitrogens with zero attached hydrogens (tertiary/aromatic N) is 4. The van der Waals surface area contributed by atoms with E-state index in [4.69, 9.17) is 9.47 Å². The second kappa shape index (κ2) is 11.7. The van der Waals surface area contributed by atoms with E-state index in [0.29, 0.717) is 40.6 Å². The summed E-state index contributed by atoms with van der Waals surface area (Å²) in [6.07, 6.45) is 0.846. The Morgan fingerprint density at radius 2 is 1.74 bits per heavy atom. The molecule has 0 N–H and O–H groups in total. The third kappa shape index (κ3) is 5.78. The van der Waals surface area contributed by atoms with Gasteiger partial charge in [-0.3, -0.25) is 14.5 Å². The monoisotopic (exact) mass is 530 g/mol. The number of fused-ring (bicyclic) bond motifs is 1. The molecule has 0 unspecified atom stereocenters. The zero-order chi connectivity index (χ0) is 27.4. The van der Waals surface area contributed by atoms with Gasteiger partial charge in [-0.25, -0.2) is 4.39 Å². The maximum atomic E-state index is 14.1. The molecule has 4 aromatic rings. The Bertz CT molecular complexity index is 1480. The van der Waals surface area contributed by atoms with Crippen LogP contribution in [0.25, 0.3) is 10.9 Å². The number of methoxy groups -OCH3 is 1. The van der Waals surface area contributed by atoms with Gasteiger partial charge in [0.05, 0.1) is 24.8 Å². The summed E-state index contributed by atoms with van der Waals surface area (Å²) < 4.78 is 26.6. The van der Waals surface area contributed by atoms with Crippen molar-refractivity contribution in [1.29, 1.82) is 0 Å². The van der Waals surface area contributed by atoms with Gasteiger partial charge in [-0.2, -0.15) is 4.68 Å². The zero-order valence-corrected chi connectivity index (χ0v) is 22.1. The summed E-state index contributed by atoms with van der Waals surface area (Å²) >= 11 is 0. The number of carbonyl (C=O) groups excluding carboxylic acids is 2. The number of ether oxygens (including phenoxy) is 2. The average molecular weight is 531 g/mol. The van der Waals surface area contributed by atoms with Crippen LogP contribution in [0.3, 0.4) is 0 Å². The highest BCUT2D eigenvalue weighted by molar-refractivity contribution is 6.04. The first-order valence-corrected chi connectivity index (χ1v) is 13.0. The largest absolute Gasteiger partial charge is 0.496 e. The number of rotatable bonds is 9. The fourth-order valence-electron chi connectivity index (χ4n) is 4.88. The van der Waals surface area contributed by atoms with E-state index < -0.39 is 5.82 Å². The fraction of sp³-hybridized carbons (Fsp3) is 0.300. The molecular formula is C30H31FN4O4. The lowest BCUT2D eigenvalue weighted by atomic mass is 10.1. The average Bonchev–Trinajstić information content (AvgIpc) is 3.34. The molecule has 1 saturated heterocycles. The molecule has 0 spiro atoms. The normalized spacial score (nSPS) is 14.0. The molecule has 3 aromatic carbocycles. The molecule has 1 aromatic heterocycles. The minimum atomic E-state index is -0.406. The first-order chi connectivity index (χ1) is 18.9. The second-order valence-electron chi connectivity index (χ2n) is 9.52. The van der Waals surface area contributed by atoms with Gasteiger partial charge in [0.15, 0.2) is 11.6 Å². The summed E-state index contributed by atoms with van der Waals surface area (Å²) in [4.78, 5) is 29.4. The van der Waals surface area contributed by atoms with Crippen LogP contribution >= 0.6 is 0 Å². The number of Topliss-reactive ketones (excluding diaryl/α,β-unsaturated/α-hetero) is 1. The Morgan fingerprint density at radius 3 is 2.46 bits per heavy atom. The number of ketones is 1. The number of halogens is 1. The number of piperazine rings is 1. The van der Waals surface area contributed by atoms with E-state index >= 15 is 0 Å². The molecule has 202 valence electrons. The molecule has 5 rings (SSSR count). The Balaban J connectivity index is 1.19. The van der Waals surface area contributed by atoms with Crippen LogP contribution in [0.5, 0.6) is 11.5 Å². The molecule has 0 amide bonds. The molecule has 0 atom stereocenters. The fourth-order valence-corrected chi connectivity index (χ4v) is 4.88. The smallest absolute Gasteiger partial charge is 0.278 e. The predicted molar refractivity (Wildman–Crippen MR) is 148 cm³/mol. The number of anilines is 1. The van der Waals surface area contributed by atoms with E-state index in [1.807, 2.05) is 6.07 Å². The molecule has 39 heavy (non-hydrogen) atoms. The molecule has 1 aliphatic rings. The highest BCUT2D eigenvalue weighted by Gasteiger charge is 2.24. The molecule has 8 nitrogen and oxygen atoms in total. The van der Waals surface area contributed by atoms with Gasteiger partial charge >= 0.3 is 0 Å². The van der Waals surface area contributed by atoms with Gasteiger partial charge in [-0.15, -0.1) is 5.10 Å². The predicted octanol–water partition coefficient (Wildman–Crippen LogP) is 4.67. The van der Waals surface area contributed by atoms with Crippen LogP contribution in [0.4, 0.5) is 10.2 Å². The lowest BCUT2D eigenvalue weighted by Crippen LogP contribution is -2.47. The lowest BCUT2D eigenvalue weighted by molar-refractivity contribution is 0.0949. The number of hydrogen-bond donors (Lipinski definition) is 0. The number of benzene rings is 3. The maximum Gasteiger partial charge on any atom is 0.278 e. The van der Waals surface area contributed by atoms with E-state index in [0.717, 1.165) is 44.5 Å². The standard InChI is InChI=1S/C30H31FN4O4/c1-21(36)25-12-10-24(20-28(25)38-2)39-18-6-13-33-14-16-34(17-15-33)29-26-11-9-23(31)19-27(26)35(32-29)30(37)22-7-4-3-5-8-22/h3-5,7-12,19-20H,6,13-18H2,1-2H3. The molecular weight excluding hydrogens is 499 g/mol. The molecule has 0 radical (unpaired) electrons. The van der Waals surface area contributed by atoms with Gasteiger partial charge in [-0.05, 0) is 49.7 Å². The van der Waals surface area contributed by atoms with E-state index in [1.165, 1.54) is 30.8 Å². The summed E-state index contributed by atoms with van der Waals surface area (Å²) in [5, 5.41) is 5.41. The van der Waals surface area contributed by atoms with Crippen molar-refractivity contribution < 1.29 is 23.5 Å². The van der Waals surface area contributed by atoms with Crippen LogP contribution in [0.1, 0.15) is 34.1 Å². The van der Waals surface area contributed by atoms with Gasteiger partial charge in [0, 0.05) is 55.8 Å². The number of hydrogen-bond acceptors (Lipinski definition) is 7. The van der Waals surface area contributed by atoms with Crippen LogP contribution in [-0.4, -0.2) is 72.8 Å². The van der Waals surface area contributed by atoms with E-state index in [2.05, 4.69) is 14.9 Å². The van der Waals surface area contributed by atoms with Gasteiger partial charge in [0.25, 0.3) is 5.91 Å². The van der Waals surface area contributed by atoms with Crippen molar-refractivity contribution in [2.75, 3.05) is 51.3 Å². The van der Waals surface area contributed by atoms with Crippen molar-refractivity contribution in [1.82, 2.24) is 14.7 Å². The highest BCUT2D eigenvalue weighted by Crippen LogP contribution is 2.29. The quantitative estimate of drug-likeness (QED) is 0.230. The molecule has 2 heterocycles. The summed E-state index contributed by atoms with van der Waals surface area (Å²) in [5.74, 6) is 1.14. The van der Waals surface area contributed by atoms with Crippen molar-refractivity contribution in [3.05, 3.63) is 83.7 Å². The summed E-state index contributed by atoms with van der Waals surface area (Å²) in [6.45, 7) is 6.10. The SMILES string of the molecule is COc1cc(OCCCN2CCN(c3nn(C(=O)c4ccccc4)c4cc(F)ccc34)CC2)ccc1C(C)=O. The molecule has 9 heteroatoms. The summed E-state index contributed by atoms with van der Waals surface area (Å²) in [7, 11) is 1.54. The van der Waals surface area contributed by atoms with Gasteiger partial charge in [-0.1, -0.05) is 18.2 Å². The topological polar surface area (TPSA) is 76.9 Å². The summed E-state index contributed by atoms with van der Waals surface area (Å²) in [5.41, 5.74) is 1.50. The van der Waals surface area contributed by atoms with Crippen molar-refractivity contribution in [3.63, 3.8) is 0 Å². The maximum absolute atomic E-state index is 14.1. The van der Waals surface area contributed by atoms with E-state index in [-0.39, 0.29) is 11.7 Å². The molecule has 1 aliphatic heterocycles. The van der Waals surface area contributed by atoms with Crippen LogP contribution in [-0.2, 0) is 0 Å². The highest BCUT2D eigenvalue weighted by atomic mass is 19.1. The molecule has 1 fully saturated rings. The third-order valence-electron chi connectivity index (χ3n) is 6.95. The van der Waals surface area contributed by atoms with E-state index in [1.54, 1.807) is 48.5 Å². The Kier molecular flexibility index (Phi) is 7.88. The van der Waals surface area contributed by atoms with Gasteiger partial charge in [0.2, 0.25) is 0 Å². The van der Waals surface area contributed by atoms with Crippen molar-refractivity contribution >= 4 is 28.4 Å².